The standard InChI is InChI=1S/C17H28N2OS/c1-5-20-17(8-6-7-13(4)11-17)16-18-14(9-12(2)3)10-15(21)19-16/h10,12-13H,5-9,11H2,1-4H3,(H,18,19,21). The van der Waals surface area contributed by atoms with Gasteiger partial charge in [0.15, 0.2) is 0 Å². The second-order valence-electron chi connectivity index (χ2n) is 6.82. The van der Waals surface area contributed by atoms with Crippen molar-refractivity contribution in [3.05, 3.63) is 22.2 Å². The Morgan fingerprint density at radius 2 is 2.29 bits per heavy atom. The molecule has 1 heterocycles. The van der Waals surface area contributed by atoms with Gasteiger partial charge in [0.2, 0.25) is 0 Å². The Morgan fingerprint density at radius 3 is 2.90 bits per heavy atom. The normalized spacial score (nSPS) is 26.2. The summed E-state index contributed by atoms with van der Waals surface area (Å²) in [6, 6.07) is 1.99. The van der Waals surface area contributed by atoms with E-state index in [0.29, 0.717) is 23.1 Å². The Balaban J connectivity index is 2.40. The molecule has 4 heteroatoms. The molecule has 0 amide bonds. The highest BCUT2D eigenvalue weighted by molar-refractivity contribution is 7.71. The molecule has 1 aliphatic rings. The third kappa shape index (κ3) is 4.13. The molecule has 2 rings (SSSR count). The molecule has 0 bridgehead atoms. The van der Waals surface area contributed by atoms with E-state index in [4.69, 9.17) is 17.0 Å². The molecule has 0 radical (unpaired) electrons. The van der Waals surface area contributed by atoms with Gasteiger partial charge in [-0.2, -0.15) is 0 Å². The average Bonchev–Trinajstić information content (AvgIpc) is 2.37. The molecule has 2 atom stereocenters. The van der Waals surface area contributed by atoms with E-state index in [9.17, 15) is 0 Å². The van der Waals surface area contributed by atoms with Crippen LogP contribution in [0.2, 0.25) is 0 Å². The summed E-state index contributed by atoms with van der Waals surface area (Å²) >= 11 is 5.39. The van der Waals surface area contributed by atoms with E-state index in [2.05, 4.69) is 37.7 Å². The van der Waals surface area contributed by atoms with E-state index in [-0.39, 0.29) is 5.60 Å². The molecule has 1 aromatic heterocycles. The highest BCUT2D eigenvalue weighted by atomic mass is 32.1. The quantitative estimate of drug-likeness (QED) is 0.795. The Bertz CT molecular complexity index is 522. The molecule has 1 aliphatic carbocycles. The number of nitrogens with one attached hydrogen (secondary N) is 1. The molecule has 0 saturated heterocycles. The number of hydrogen-bond acceptors (Lipinski definition) is 3. The van der Waals surface area contributed by atoms with Crippen molar-refractivity contribution in [2.75, 3.05) is 6.61 Å². The molecular formula is C17H28N2OS. The minimum Gasteiger partial charge on any atom is -0.367 e. The minimum atomic E-state index is -0.271. The first-order chi connectivity index (χ1) is 9.95. The molecule has 21 heavy (non-hydrogen) atoms. The first-order valence-corrected chi connectivity index (χ1v) is 8.60. The van der Waals surface area contributed by atoms with E-state index in [1.807, 2.05) is 6.07 Å². The van der Waals surface area contributed by atoms with Crippen LogP contribution >= 0.6 is 12.2 Å². The number of aromatic nitrogens is 2. The van der Waals surface area contributed by atoms with Crippen LogP contribution in [0, 0.1) is 16.5 Å². The molecule has 0 aromatic carbocycles. The summed E-state index contributed by atoms with van der Waals surface area (Å²) in [6.07, 6.45) is 5.54. The molecule has 0 spiro atoms. The number of H-pyrrole nitrogens is 1. The average molecular weight is 308 g/mol. The Labute approximate surface area is 133 Å². The summed E-state index contributed by atoms with van der Waals surface area (Å²) in [7, 11) is 0. The van der Waals surface area contributed by atoms with Crippen molar-refractivity contribution >= 4 is 12.2 Å². The second-order valence-corrected chi connectivity index (χ2v) is 7.24. The van der Waals surface area contributed by atoms with Gasteiger partial charge in [-0.15, -0.1) is 0 Å². The molecule has 1 aromatic rings. The molecule has 1 N–H and O–H groups in total. The molecular weight excluding hydrogens is 280 g/mol. The molecule has 3 nitrogen and oxygen atoms in total. The predicted octanol–water partition coefficient (Wildman–Crippen LogP) is 4.78. The van der Waals surface area contributed by atoms with Crippen molar-refractivity contribution in [1.82, 2.24) is 9.97 Å². The highest BCUT2D eigenvalue weighted by Crippen LogP contribution is 2.41. The van der Waals surface area contributed by atoms with E-state index < -0.39 is 0 Å². The molecule has 1 fully saturated rings. The van der Waals surface area contributed by atoms with E-state index in [0.717, 1.165) is 25.1 Å². The molecule has 2 unspecified atom stereocenters. The lowest BCUT2D eigenvalue weighted by Crippen LogP contribution is -2.37. The van der Waals surface area contributed by atoms with Gasteiger partial charge in [-0.1, -0.05) is 39.4 Å². The van der Waals surface area contributed by atoms with Gasteiger partial charge in [0, 0.05) is 12.3 Å². The van der Waals surface area contributed by atoms with Crippen LogP contribution in [0.15, 0.2) is 6.07 Å². The molecule has 1 saturated carbocycles. The van der Waals surface area contributed by atoms with Crippen LogP contribution in [0.4, 0.5) is 0 Å². The second kappa shape index (κ2) is 7.01. The van der Waals surface area contributed by atoms with Gasteiger partial charge >= 0.3 is 0 Å². The minimum absolute atomic E-state index is 0.271. The van der Waals surface area contributed by atoms with Gasteiger partial charge in [0.1, 0.15) is 16.1 Å². The van der Waals surface area contributed by atoms with Crippen LogP contribution in [0.3, 0.4) is 0 Å². The monoisotopic (exact) mass is 308 g/mol. The summed E-state index contributed by atoms with van der Waals surface area (Å²) in [6.45, 7) is 9.52. The maximum atomic E-state index is 6.20. The van der Waals surface area contributed by atoms with Gasteiger partial charge in [-0.3, -0.25) is 0 Å². The maximum Gasteiger partial charge on any atom is 0.140 e. The summed E-state index contributed by atoms with van der Waals surface area (Å²) in [5.41, 5.74) is 0.907. The van der Waals surface area contributed by atoms with Crippen molar-refractivity contribution in [2.24, 2.45) is 11.8 Å². The lowest BCUT2D eigenvalue weighted by atomic mass is 9.78. The number of aromatic amines is 1. The van der Waals surface area contributed by atoms with E-state index >= 15 is 0 Å². The Kier molecular flexibility index (Phi) is 5.55. The van der Waals surface area contributed by atoms with Gasteiger partial charge < -0.3 is 9.72 Å². The first kappa shape index (κ1) is 16.6. The third-order valence-electron chi connectivity index (χ3n) is 4.23. The molecule has 118 valence electrons. The van der Waals surface area contributed by atoms with Crippen molar-refractivity contribution in [3.63, 3.8) is 0 Å². The van der Waals surface area contributed by atoms with Gasteiger partial charge in [0.25, 0.3) is 0 Å². The van der Waals surface area contributed by atoms with Crippen LogP contribution in [0.25, 0.3) is 0 Å². The van der Waals surface area contributed by atoms with E-state index in [1.54, 1.807) is 0 Å². The van der Waals surface area contributed by atoms with E-state index in [1.165, 1.54) is 18.5 Å². The SMILES string of the molecule is CCOC1(c2nc(=S)cc(CC(C)C)[nH]2)CCCC(C)C1. The topological polar surface area (TPSA) is 37.9 Å². The summed E-state index contributed by atoms with van der Waals surface area (Å²) in [5.74, 6) is 2.21. The zero-order chi connectivity index (χ0) is 15.5. The fraction of sp³-hybridized carbons (Fsp3) is 0.765. The zero-order valence-corrected chi connectivity index (χ0v) is 14.6. The van der Waals surface area contributed by atoms with Crippen molar-refractivity contribution < 1.29 is 4.74 Å². The van der Waals surface area contributed by atoms with Gasteiger partial charge in [-0.25, -0.2) is 4.98 Å². The van der Waals surface area contributed by atoms with Crippen LogP contribution in [0.5, 0.6) is 0 Å². The smallest absolute Gasteiger partial charge is 0.140 e. The number of rotatable bonds is 5. The van der Waals surface area contributed by atoms with Crippen molar-refractivity contribution in [2.45, 2.75) is 65.4 Å². The zero-order valence-electron chi connectivity index (χ0n) is 13.7. The lowest BCUT2D eigenvalue weighted by Gasteiger charge is -2.39. The molecule has 0 aliphatic heterocycles. The van der Waals surface area contributed by atoms with Gasteiger partial charge in [0.05, 0.1) is 0 Å². The van der Waals surface area contributed by atoms with Crippen LogP contribution < -0.4 is 0 Å². The fourth-order valence-electron chi connectivity index (χ4n) is 3.47. The predicted molar refractivity (Wildman–Crippen MR) is 88.9 cm³/mol. The summed E-state index contributed by atoms with van der Waals surface area (Å²) in [5, 5.41) is 0. The summed E-state index contributed by atoms with van der Waals surface area (Å²) < 4.78 is 6.88. The van der Waals surface area contributed by atoms with Crippen LogP contribution in [-0.4, -0.2) is 16.6 Å². The lowest BCUT2D eigenvalue weighted by molar-refractivity contribution is -0.0883. The maximum absolute atomic E-state index is 6.20. The van der Waals surface area contributed by atoms with Crippen LogP contribution in [-0.2, 0) is 16.8 Å². The van der Waals surface area contributed by atoms with Gasteiger partial charge in [-0.05, 0) is 50.5 Å². The fourth-order valence-corrected chi connectivity index (χ4v) is 3.70. The Hall–Kier alpha value is -0.740. The van der Waals surface area contributed by atoms with Crippen molar-refractivity contribution in [1.29, 1.82) is 0 Å². The Morgan fingerprint density at radius 1 is 1.52 bits per heavy atom. The summed E-state index contributed by atoms with van der Waals surface area (Å²) in [4.78, 5) is 8.15. The highest BCUT2D eigenvalue weighted by Gasteiger charge is 2.39. The number of nitrogens with zero attached hydrogens (tertiary/aromatic N) is 1. The third-order valence-corrected chi connectivity index (χ3v) is 4.44. The number of ether oxygens (including phenoxy) is 1. The van der Waals surface area contributed by atoms with Crippen molar-refractivity contribution in [3.8, 4) is 0 Å². The first-order valence-electron chi connectivity index (χ1n) is 8.20. The number of hydrogen-bond donors (Lipinski definition) is 1. The largest absolute Gasteiger partial charge is 0.367 e. The van der Waals surface area contributed by atoms with Crippen LogP contribution in [0.1, 0.15) is 64.9 Å².